The van der Waals surface area contributed by atoms with Crippen LogP contribution >= 0.6 is 46.4 Å². The standard InChI is InChI=1S/C63H87Cl4N7O10/c1-6-15-73(16-11-62(77)68-13-20-79-24-28-83-30-26-81-22-18-70(3)38-50-10-8-48(33-51(50)44-75)57-41-72(5)43-59-55(57)35-53(65)37-61(59)67)17-12-63(78)69-14-21-80-25-29-84-31-27-82-23-19-74(45-76)39-49-9-7-47(32-46(49)2)56-40-71(4)42-58-54(56)34-52(64)36-60(58)66/h7-10,32-37,44-45,56-57H,6,11-31,38-43H2,1-5H3,(H,68,77)(H,69,78). The van der Waals surface area contributed by atoms with Crippen LogP contribution in [0.2, 0.25) is 20.1 Å². The lowest BCUT2D eigenvalue weighted by Crippen LogP contribution is -2.36. The molecule has 2 heterocycles. The molecule has 2 aliphatic heterocycles. The molecule has 0 saturated carbocycles. The maximum atomic E-state index is 12.6. The molecule has 0 aromatic heterocycles. The molecule has 0 radical (unpaired) electrons. The first-order chi connectivity index (χ1) is 40.6. The summed E-state index contributed by atoms with van der Waals surface area (Å²) in [7, 11) is 6.18. The van der Waals surface area contributed by atoms with E-state index in [0.717, 1.165) is 90.8 Å². The van der Waals surface area contributed by atoms with E-state index in [4.69, 9.17) is 74.8 Å². The summed E-state index contributed by atoms with van der Waals surface area (Å²) >= 11 is 26.0. The smallest absolute Gasteiger partial charge is 0.221 e. The highest BCUT2D eigenvalue weighted by atomic mass is 35.5. The number of fused-ring (bicyclic) bond motifs is 2. The van der Waals surface area contributed by atoms with Crippen molar-refractivity contribution in [2.75, 3.05) is 159 Å². The van der Waals surface area contributed by atoms with Crippen molar-refractivity contribution in [3.63, 3.8) is 0 Å². The molecule has 6 rings (SSSR count). The van der Waals surface area contributed by atoms with E-state index in [-0.39, 0.29) is 23.7 Å². The van der Waals surface area contributed by atoms with Crippen LogP contribution in [0.25, 0.3) is 0 Å². The fourth-order valence-electron chi connectivity index (χ4n) is 10.6. The Kier molecular flexibility index (Phi) is 30.7. The molecule has 0 saturated heterocycles. The van der Waals surface area contributed by atoms with Crippen molar-refractivity contribution in [2.24, 2.45) is 0 Å². The molecule has 0 bridgehead atoms. The monoisotopic (exact) mass is 1240 g/mol. The summed E-state index contributed by atoms with van der Waals surface area (Å²) in [5, 5.41) is 8.42. The molecule has 2 unspecified atom stereocenters. The third kappa shape index (κ3) is 23.1. The second-order valence-electron chi connectivity index (χ2n) is 21.7. The molecular formula is C63H87Cl4N7O10. The minimum Gasteiger partial charge on any atom is -0.378 e. The fraction of sp³-hybridized carbons (Fsp3) is 0.556. The molecule has 84 heavy (non-hydrogen) atoms. The van der Waals surface area contributed by atoms with Crippen LogP contribution < -0.4 is 10.6 Å². The Morgan fingerprint density at radius 1 is 0.583 bits per heavy atom. The lowest BCUT2D eigenvalue weighted by Gasteiger charge is -2.33. The van der Waals surface area contributed by atoms with E-state index in [2.05, 4.69) is 82.4 Å². The van der Waals surface area contributed by atoms with Gasteiger partial charge in [0.2, 0.25) is 18.2 Å². The van der Waals surface area contributed by atoms with Crippen molar-refractivity contribution >= 4 is 70.9 Å². The number of amides is 3. The number of hydrogen-bond donors (Lipinski definition) is 2. The maximum absolute atomic E-state index is 12.6. The summed E-state index contributed by atoms with van der Waals surface area (Å²) in [6.07, 6.45) is 3.35. The number of carbonyl (C=O) groups is 4. The van der Waals surface area contributed by atoms with Crippen LogP contribution in [-0.4, -0.2) is 208 Å². The Hall–Kier alpha value is -4.28. The summed E-state index contributed by atoms with van der Waals surface area (Å²) in [6.45, 7) is 17.2. The van der Waals surface area contributed by atoms with Gasteiger partial charge in [-0.2, -0.15) is 0 Å². The zero-order chi connectivity index (χ0) is 60.2. The van der Waals surface area contributed by atoms with Crippen molar-refractivity contribution in [3.05, 3.63) is 136 Å². The van der Waals surface area contributed by atoms with Crippen LogP contribution in [0.3, 0.4) is 0 Å². The van der Waals surface area contributed by atoms with Crippen LogP contribution in [0.5, 0.6) is 0 Å². The fourth-order valence-corrected chi connectivity index (χ4v) is 11.7. The van der Waals surface area contributed by atoms with Gasteiger partial charge in [0.25, 0.3) is 0 Å². The minimum absolute atomic E-state index is 0.0589. The van der Waals surface area contributed by atoms with Crippen molar-refractivity contribution in [3.8, 4) is 0 Å². The lowest BCUT2D eigenvalue weighted by atomic mass is 9.83. The summed E-state index contributed by atoms with van der Waals surface area (Å²) < 4.78 is 34.1. The van der Waals surface area contributed by atoms with Gasteiger partial charge in [0.15, 0.2) is 0 Å². The van der Waals surface area contributed by atoms with Gasteiger partial charge in [-0.05, 0) is 121 Å². The highest BCUT2D eigenvalue weighted by Gasteiger charge is 2.29. The molecule has 0 fully saturated rings. The number of benzene rings is 4. The summed E-state index contributed by atoms with van der Waals surface area (Å²) in [6, 6.07) is 20.2. The van der Waals surface area contributed by atoms with Gasteiger partial charge in [0.05, 0.1) is 79.3 Å². The van der Waals surface area contributed by atoms with E-state index in [1.54, 1.807) is 11.0 Å². The van der Waals surface area contributed by atoms with Gasteiger partial charge in [-0.25, -0.2) is 0 Å². The average molecular weight is 1240 g/mol. The molecule has 2 N–H and O–H groups in total. The highest BCUT2D eigenvalue weighted by Crippen LogP contribution is 2.40. The number of nitrogens with zero attached hydrogens (tertiary/aromatic N) is 5. The van der Waals surface area contributed by atoms with Crippen molar-refractivity contribution in [1.82, 2.24) is 35.1 Å². The predicted octanol–water partition coefficient (Wildman–Crippen LogP) is 8.49. The number of carbonyl (C=O) groups excluding carboxylic acids is 4. The Morgan fingerprint density at radius 3 is 1.52 bits per heavy atom. The van der Waals surface area contributed by atoms with Gasteiger partial charge in [-0.3, -0.25) is 24.1 Å². The Morgan fingerprint density at radius 2 is 1.05 bits per heavy atom. The topological polar surface area (TPSA) is 164 Å². The quantitative estimate of drug-likeness (QED) is 0.0322. The lowest BCUT2D eigenvalue weighted by molar-refractivity contribution is -0.122. The molecule has 0 spiro atoms. The second-order valence-corrected chi connectivity index (χ2v) is 23.4. The van der Waals surface area contributed by atoms with Crippen LogP contribution in [0.4, 0.5) is 0 Å². The number of nitrogens with one attached hydrogen (secondary N) is 2. The van der Waals surface area contributed by atoms with E-state index in [0.29, 0.717) is 170 Å². The third-order valence-electron chi connectivity index (χ3n) is 15.0. The number of ether oxygens (including phenoxy) is 6. The number of aldehydes is 1. The first-order valence-electron chi connectivity index (χ1n) is 29.3. The Bertz CT molecular complexity index is 2710. The second kappa shape index (κ2) is 37.4. The predicted molar refractivity (Wildman–Crippen MR) is 332 cm³/mol. The number of halogens is 4. The maximum Gasteiger partial charge on any atom is 0.221 e. The van der Waals surface area contributed by atoms with Gasteiger partial charge in [-0.1, -0.05) is 83.7 Å². The van der Waals surface area contributed by atoms with Gasteiger partial charge in [0.1, 0.15) is 6.29 Å². The molecule has 3 amide bonds. The number of rotatable bonds is 40. The van der Waals surface area contributed by atoms with Gasteiger partial charge < -0.3 is 58.7 Å². The SMILES string of the molecule is CCCN(CCC(=O)NCCOCCOCCOCCN(C)Cc1ccc(C2CN(C)Cc3c(Cl)cc(Cl)cc32)cc1C=O)CCC(=O)NCCOCCOCCOCCN(C=O)Cc1ccc(C2CN(C)Cc3c(Cl)cc(Cl)cc32)cc1C. The Balaban J connectivity index is 0.703. The molecule has 462 valence electrons. The number of likely N-dealkylation sites (N-methyl/N-ethyl adjacent to an activating group) is 3. The molecule has 17 nitrogen and oxygen atoms in total. The van der Waals surface area contributed by atoms with Crippen molar-refractivity contribution < 1.29 is 47.6 Å². The van der Waals surface area contributed by atoms with Crippen LogP contribution in [-0.2, 0) is 69.0 Å². The van der Waals surface area contributed by atoms with Gasteiger partial charge in [-0.15, -0.1) is 0 Å². The third-order valence-corrected chi connectivity index (χ3v) is 16.1. The first-order valence-corrected chi connectivity index (χ1v) is 30.8. The number of hydrogen-bond acceptors (Lipinski definition) is 14. The molecule has 21 heteroatoms. The zero-order valence-corrected chi connectivity index (χ0v) is 52.7. The van der Waals surface area contributed by atoms with E-state index in [1.807, 2.05) is 37.4 Å². The van der Waals surface area contributed by atoms with Crippen LogP contribution in [0.15, 0.2) is 60.7 Å². The molecule has 0 aliphatic carbocycles. The van der Waals surface area contributed by atoms with Crippen LogP contribution in [0, 0.1) is 6.92 Å². The first kappa shape index (κ1) is 68.8. The summed E-state index contributed by atoms with van der Waals surface area (Å²) in [4.78, 5) is 59.8. The number of aryl methyl sites for hydroxylation is 1. The Labute approximate surface area is 517 Å². The highest BCUT2D eigenvalue weighted by molar-refractivity contribution is 6.35. The molecule has 2 aliphatic rings. The zero-order valence-electron chi connectivity index (χ0n) is 49.7. The van der Waals surface area contributed by atoms with Gasteiger partial charge in [0, 0.05) is 129 Å². The largest absolute Gasteiger partial charge is 0.378 e. The van der Waals surface area contributed by atoms with E-state index in [1.165, 1.54) is 11.1 Å². The average Bonchev–Trinajstić information content (AvgIpc) is 2.22. The minimum atomic E-state index is -0.0684. The summed E-state index contributed by atoms with van der Waals surface area (Å²) in [5.41, 5.74) is 10.5. The van der Waals surface area contributed by atoms with Crippen LogP contribution in [0.1, 0.15) is 98.5 Å². The molecule has 2 atom stereocenters. The van der Waals surface area contributed by atoms with Crippen molar-refractivity contribution in [2.45, 2.75) is 71.1 Å². The summed E-state index contributed by atoms with van der Waals surface area (Å²) in [5.74, 6) is 0.0723. The van der Waals surface area contributed by atoms with E-state index < -0.39 is 0 Å². The molecule has 4 aromatic carbocycles. The molecule has 4 aromatic rings. The normalized spacial score (nSPS) is 15.3. The van der Waals surface area contributed by atoms with E-state index in [9.17, 15) is 19.2 Å². The van der Waals surface area contributed by atoms with Gasteiger partial charge >= 0.3 is 0 Å². The molecular weight excluding hydrogens is 1160 g/mol. The van der Waals surface area contributed by atoms with Crippen molar-refractivity contribution in [1.29, 1.82) is 0 Å². The van der Waals surface area contributed by atoms with E-state index >= 15 is 0 Å².